The zero-order chi connectivity index (χ0) is 15.1. The third-order valence-corrected chi connectivity index (χ3v) is 2.81. The Balaban J connectivity index is 1.75. The molecule has 0 radical (unpaired) electrons. The third kappa shape index (κ3) is 4.65. The molecule has 2 aromatic carbocycles. The summed E-state index contributed by atoms with van der Waals surface area (Å²) < 4.78 is 32.0. The van der Waals surface area contributed by atoms with Crippen LogP contribution < -0.4 is 5.32 Å². The van der Waals surface area contributed by atoms with E-state index in [4.69, 9.17) is 4.74 Å². The summed E-state index contributed by atoms with van der Waals surface area (Å²) in [7, 11) is 0. The highest BCUT2D eigenvalue weighted by molar-refractivity contribution is 5.91. The van der Waals surface area contributed by atoms with Crippen LogP contribution in [0.15, 0.2) is 48.5 Å². The molecular weight excluding hydrogens is 276 g/mol. The molecule has 21 heavy (non-hydrogen) atoms. The van der Waals surface area contributed by atoms with E-state index in [1.165, 1.54) is 6.07 Å². The molecule has 0 aromatic heterocycles. The van der Waals surface area contributed by atoms with Crippen LogP contribution in [0.4, 0.5) is 14.5 Å². The lowest BCUT2D eigenvalue weighted by molar-refractivity contribution is -0.117. The molecule has 2 rings (SSSR count). The minimum absolute atomic E-state index is 0.0284. The first-order chi connectivity index (χ1) is 10.2. The number of hydrogen-bond acceptors (Lipinski definition) is 2. The van der Waals surface area contributed by atoms with Gasteiger partial charge in [-0.15, -0.1) is 0 Å². The van der Waals surface area contributed by atoms with E-state index in [0.29, 0.717) is 6.61 Å². The molecule has 3 nitrogen and oxygen atoms in total. The third-order valence-electron chi connectivity index (χ3n) is 2.81. The van der Waals surface area contributed by atoms with Crippen molar-refractivity contribution < 1.29 is 18.3 Å². The Hall–Kier alpha value is -2.27. The number of halogens is 2. The number of ether oxygens (including phenoxy) is 1. The predicted octanol–water partition coefficient (Wildman–Crippen LogP) is 3.51. The largest absolute Gasteiger partial charge is 0.376 e. The zero-order valence-corrected chi connectivity index (χ0v) is 11.3. The number of benzene rings is 2. The fourth-order valence-electron chi connectivity index (χ4n) is 1.75. The van der Waals surface area contributed by atoms with Gasteiger partial charge in [0.1, 0.15) is 17.3 Å². The van der Waals surface area contributed by atoms with Gasteiger partial charge in [-0.3, -0.25) is 4.79 Å². The maximum absolute atomic E-state index is 13.3. The minimum Gasteiger partial charge on any atom is -0.376 e. The molecule has 0 atom stereocenters. The second-order valence-corrected chi connectivity index (χ2v) is 4.43. The number of carbonyl (C=O) groups excluding carboxylic acids is 1. The number of carbonyl (C=O) groups is 1. The Morgan fingerprint density at radius 3 is 2.33 bits per heavy atom. The van der Waals surface area contributed by atoms with Crippen molar-refractivity contribution in [3.05, 3.63) is 65.7 Å². The first kappa shape index (κ1) is 15.1. The van der Waals surface area contributed by atoms with Gasteiger partial charge in [-0.05, 0) is 17.7 Å². The van der Waals surface area contributed by atoms with E-state index in [0.717, 1.165) is 17.7 Å². The van der Waals surface area contributed by atoms with Crippen molar-refractivity contribution in [1.29, 1.82) is 0 Å². The van der Waals surface area contributed by atoms with Crippen molar-refractivity contribution in [3.63, 3.8) is 0 Å². The molecular formula is C16H15F2NO2. The highest BCUT2D eigenvalue weighted by Crippen LogP contribution is 2.18. The molecule has 5 heteroatoms. The topological polar surface area (TPSA) is 38.3 Å². The highest BCUT2D eigenvalue weighted by Gasteiger charge is 2.11. The maximum atomic E-state index is 13.3. The molecule has 1 N–H and O–H groups in total. The van der Waals surface area contributed by atoms with E-state index in [1.807, 2.05) is 30.3 Å². The molecule has 0 aliphatic carbocycles. The summed E-state index contributed by atoms with van der Waals surface area (Å²) in [6.45, 7) is 0.568. The smallest absolute Gasteiger partial charge is 0.226 e. The number of anilines is 1. The molecule has 0 aliphatic rings. The molecule has 1 amide bonds. The molecule has 0 bridgehead atoms. The van der Waals surface area contributed by atoms with Crippen LogP contribution in [0.5, 0.6) is 0 Å². The van der Waals surface area contributed by atoms with E-state index in [-0.39, 0.29) is 13.0 Å². The molecule has 110 valence electrons. The Bertz CT molecular complexity index is 582. The van der Waals surface area contributed by atoms with Crippen LogP contribution in [0.2, 0.25) is 0 Å². The van der Waals surface area contributed by atoms with Crippen LogP contribution in [0, 0.1) is 11.6 Å². The van der Waals surface area contributed by atoms with Gasteiger partial charge in [-0.2, -0.15) is 0 Å². The number of nitrogens with one attached hydrogen (secondary N) is 1. The van der Waals surface area contributed by atoms with E-state index in [2.05, 4.69) is 5.32 Å². The standard InChI is InChI=1S/C16H15F2NO2/c17-13-7-4-8-14(18)16(13)19-15(20)9-10-21-11-12-5-2-1-3-6-12/h1-8H,9-11H2,(H,19,20). The van der Waals surface area contributed by atoms with Crippen LogP contribution in [0.25, 0.3) is 0 Å². The second kappa shape index (κ2) is 7.50. The average molecular weight is 291 g/mol. The van der Waals surface area contributed by atoms with Crippen molar-refractivity contribution in [2.45, 2.75) is 13.0 Å². The fraction of sp³-hybridized carbons (Fsp3) is 0.188. The molecule has 2 aromatic rings. The monoisotopic (exact) mass is 291 g/mol. The van der Waals surface area contributed by atoms with E-state index in [1.54, 1.807) is 0 Å². The number of para-hydroxylation sites is 1. The van der Waals surface area contributed by atoms with Gasteiger partial charge in [0.2, 0.25) is 5.91 Å². The molecule has 0 spiro atoms. The van der Waals surface area contributed by atoms with Gasteiger partial charge in [-0.1, -0.05) is 36.4 Å². The fourth-order valence-corrected chi connectivity index (χ4v) is 1.75. The summed E-state index contributed by atoms with van der Waals surface area (Å²) in [5, 5.41) is 2.21. The number of hydrogen-bond donors (Lipinski definition) is 1. The van der Waals surface area contributed by atoms with Gasteiger partial charge in [0.25, 0.3) is 0 Å². The average Bonchev–Trinajstić information content (AvgIpc) is 2.49. The van der Waals surface area contributed by atoms with Crippen LogP contribution in [0.1, 0.15) is 12.0 Å². The SMILES string of the molecule is O=C(CCOCc1ccccc1)Nc1c(F)cccc1F. The lowest BCUT2D eigenvalue weighted by Gasteiger charge is -2.08. The predicted molar refractivity (Wildman–Crippen MR) is 75.7 cm³/mol. The van der Waals surface area contributed by atoms with Crippen molar-refractivity contribution in [2.24, 2.45) is 0 Å². The lowest BCUT2D eigenvalue weighted by Crippen LogP contribution is -2.16. The summed E-state index contributed by atoms with van der Waals surface area (Å²) >= 11 is 0. The van der Waals surface area contributed by atoms with Crippen LogP contribution in [-0.2, 0) is 16.1 Å². The van der Waals surface area contributed by atoms with Crippen molar-refractivity contribution in [2.75, 3.05) is 11.9 Å². The Labute approximate surface area is 121 Å². The molecule has 0 unspecified atom stereocenters. The normalized spacial score (nSPS) is 10.4. The quantitative estimate of drug-likeness (QED) is 0.827. The summed E-state index contributed by atoms with van der Waals surface area (Å²) in [6, 6.07) is 12.9. The Morgan fingerprint density at radius 2 is 1.67 bits per heavy atom. The van der Waals surface area contributed by atoms with Crippen molar-refractivity contribution >= 4 is 11.6 Å². The van der Waals surface area contributed by atoms with Crippen LogP contribution >= 0.6 is 0 Å². The Morgan fingerprint density at radius 1 is 1.00 bits per heavy atom. The number of rotatable bonds is 6. The van der Waals surface area contributed by atoms with Crippen molar-refractivity contribution in [3.8, 4) is 0 Å². The summed E-state index contributed by atoms with van der Waals surface area (Å²) in [6.07, 6.45) is 0.0284. The number of amides is 1. The molecule has 0 fully saturated rings. The summed E-state index contributed by atoms with van der Waals surface area (Å²) in [4.78, 5) is 11.6. The van der Waals surface area contributed by atoms with Crippen LogP contribution in [0.3, 0.4) is 0 Å². The molecule has 0 heterocycles. The first-order valence-electron chi connectivity index (χ1n) is 6.52. The molecule has 0 aliphatic heterocycles. The zero-order valence-electron chi connectivity index (χ0n) is 11.3. The van der Waals surface area contributed by atoms with Gasteiger partial charge in [0.05, 0.1) is 19.6 Å². The molecule has 0 saturated heterocycles. The second-order valence-electron chi connectivity index (χ2n) is 4.43. The maximum Gasteiger partial charge on any atom is 0.226 e. The van der Waals surface area contributed by atoms with E-state index in [9.17, 15) is 13.6 Å². The van der Waals surface area contributed by atoms with Gasteiger partial charge >= 0.3 is 0 Å². The first-order valence-corrected chi connectivity index (χ1v) is 6.52. The van der Waals surface area contributed by atoms with Gasteiger partial charge in [-0.25, -0.2) is 8.78 Å². The highest BCUT2D eigenvalue weighted by atomic mass is 19.1. The summed E-state index contributed by atoms with van der Waals surface area (Å²) in [5.41, 5.74) is 0.573. The van der Waals surface area contributed by atoms with Crippen LogP contribution in [-0.4, -0.2) is 12.5 Å². The minimum atomic E-state index is -0.798. The van der Waals surface area contributed by atoms with Gasteiger partial charge in [0.15, 0.2) is 0 Å². The van der Waals surface area contributed by atoms with Gasteiger partial charge in [0, 0.05) is 0 Å². The summed E-state index contributed by atoms with van der Waals surface area (Å²) in [5.74, 6) is -2.09. The Kier molecular flexibility index (Phi) is 5.40. The van der Waals surface area contributed by atoms with Gasteiger partial charge < -0.3 is 10.1 Å². The van der Waals surface area contributed by atoms with E-state index >= 15 is 0 Å². The van der Waals surface area contributed by atoms with Crippen molar-refractivity contribution in [1.82, 2.24) is 0 Å². The van der Waals surface area contributed by atoms with E-state index < -0.39 is 23.2 Å². The molecule has 0 saturated carbocycles. The lowest BCUT2D eigenvalue weighted by atomic mass is 10.2.